The van der Waals surface area contributed by atoms with Crippen LogP contribution in [0.3, 0.4) is 0 Å². The number of nitrogens with two attached hydrogens (primary N) is 1. The summed E-state index contributed by atoms with van der Waals surface area (Å²) in [5, 5.41) is 0. The van der Waals surface area contributed by atoms with Crippen LogP contribution in [0.4, 0.5) is 0 Å². The third kappa shape index (κ3) is 6.68. The van der Waals surface area contributed by atoms with Gasteiger partial charge in [0.25, 0.3) is 0 Å². The molecule has 0 fully saturated rings. The van der Waals surface area contributed by atoms with Crippen LogP contribution in [-0.4, -0.2) is 46.0 Å². The van der Waals surface area contributed by atoms with E-state index in [9.17, 15) is 13.2 Å². The molecule has 0 aromatic carbocycles. The fourth-order valence-electron chi connectivity index (χ4n) is 0.751. The van der Waals surface area contributed by atoms with Gasteiger partial charge in [-0.3, -0.25) is 4.79 Å². The lowest BCUT2D eigenvalue weighted by molar-refractivity contribution is -0.123. The number of ether oxygens (including phenoxy) is 1. The Hall–Kier alpha value is -0.460. The fraction of sp³-hybridized carbons (Fsp3) is 0.857. The van der Waals surface area contributed by atoms with E-state index in [4.69, 9.17) is 5.73 Å². The molecule has 0 amide bonds. The summed E-state index contributed by atoms with van der Waals surface area (Å²) in [6.45, 7) is -0.0646. The van der Waals surface area contributed by atoms with E-state index in [1.165, 1.54) is 7.11 Å². The highest BCUT2D eigenvalue weighted by molar-refractivity contribution is 7.90. The van der Waals surface area contributed by atoms with Gasteiger partial charge in [-0.2, -0.15) is 0 Å². The van der Waals surface area contributed by atoms with Crippen molar-refractivity contribution in [3.8, 4) is 0 Å². The van der Waals surface area contributed by atoms with Gasteiger partial charge < -0.3 is 10.5 Å². The summed E-state index contributed by atoms with van der Waals surface area (Å²) < 4.78 is 26.0. The van der Waals surface area contributed by atoms with Crippen molar-refractivity contribution in [3.63, 3.8) is 0 Å². The first-order chi connectivity index (χ1) is 5.87. The molecule has 0 aliphatic heterocycles. The minimum absolute atomic E-state index is 0.0646. The Bertz CT molecular complexity index is 260. The maximum absolute atomic E-state index is 11.0. The van der Waals surface area contributed by atoms with Crippen molar-refractivity contribution >= 4 is 15.6 Å². The van der Waals surface area contributed by atoms with Gasteiger partial charge in [0.1, 0.15) is 16.4 Å². The molecular weight excluding hydrogens is 194 g/mol. The van der Waals surface area contributed by atoms with Crippen molar-refractivity contribution in [3.05, 3.63) is 0 Å². The maximum Gasteiger partial charge on any atom is 0.175 e. The number of hydrogen-bond donors (Lipinski definition) is 1. The van der Waals surface area contributed by atoms with E-state index in [-0.39, 0.29) is 24.6 Å². The normalized spacial score (nSPS) is 14.1. The van der Waals surface area contributed by atoms with Crippen molar-refractivity contribution in [1.82, 2.24) is 0 Å². The second-order valence-electron chi connectivity index (χ2n) is 2.92. The Balaban J connectivity index is 3.88. The maximum atomic E-state index is 11.0. The second kappa shape index (κ2) is 5.31. The average Bonchev–Trinajstić information content (AvgIpc) is 1.99. The molecule has 0 aliphatic carbocycles. The van der Waals surface area contributed by atoms with E-state index >= 15 is 0 Å². The standard InChI is InChI=1S/C7H15NO4S/c1-12-5-7(9)6(8)3-4-13(2,10)11/h6H,3-5,8H2,1-2H3. The minimum atomic E-state index is -3.04. The molecule has 6 heteroatoms. The lowest BCUT2D eigenvalue weighted by atomic mass is 10.1. The zero-order valence-electron chi connectivity index (χ0n) is 7.82. The predicted octanol–water partition coefficient (Wildman–Crippen LogP) is -1.04. The molecule has 1 atom stereocenters. The van der Waals surface area contributed by atoms with Gasteiger partial charge in [-0.15, -0.1) is 0 Å². The fourth-order valence-corrected chi connectivity index (χ4v) is 1.43. The number of methoxy groups -OCH3 is 1. The molecule has 0 radical (unpaired) electrons. The van der Waals surface area contributed by atoms with Gasteiger partial charge in [-0.05, 0) is 6.42 Å². The monoisotopic (exact) mass is 209 g/mol. The summed E-state index contributed by atoms with van der Waals surface area (Å²) in [5.41, 5.74) is 5.42. The Morgan fingerprint density at radius 3 is 2.46 bits per heavy atom. The van der Waals surface area contributed by atoms with Gasteiger partial charge in [0.05, 0.1) is 11.8 Å². The van der Waals surface area contributed by atoms with Gasteiger partial charge in [0, 0.05) is 13.4 Å². The molecule has 2 N–H and O–H groups in total. The van der Waals surface area contributed by atoms with E-state index in [2.05, 4.69) is 4.74 Å². The van der Waals surface area contributed by atoms with E-state index < -0.39 is 15.9 Å². The van der Waals surface area contributed by atoms with Crippen molar-refractivity contribution in [2.75, 3.05) is 25.7 Å². The molecule has 0 saturated heterocycles. The predicted molar refractivity (Wildman–Crippen MR) is 49.2 cm³/mol. The van der Waals surface area contributed by atoms with E-state index in [0.717, 1.165) is 6.26 Å². The molecule has 0 bridgehead atoms. The van der Waals surface area contributed by atoms with E-state index in [0.29, 0.717) is 0 Å². The minimum Gasteiger partial charge on any atom is -0.377 e. The van der Waals surface area contributed by atoms with Crippen LogP contribution in [0.2, 0.25) is 0 Å². The van der Waals surface area contributed by atoms with Crippen molar-refractivity contribution in [2.45, 2.75) is 12.5 Å². The van der Waals surface area contributed by atoms with E-state index in [1.54, 1.807) is 0 Å². The van der Waals surface area contributed by atoms with E-state index in [1.807, 2.05) is 0 Å². The van der Waals surface area contributed by atoms with Crippen LogP contribution in [0.25, 0.3) is 0 Å². The van der Waals surface area contributed by atoms with Gasteiger partial charge in [-0.25, -0.2) is 8.42 Å². The summed E-state index contributed by atoms with van der Waals surface area (Å²) in [4.78, 5) is 11.0. The molecule has 0 aromatic rings. The zero-order chi connectivity index (χ0) is 10.5. The first-order valence-corrected chi connectivity index (χ1v) is 5.88. The third-order valence-electron chi connectivity index (χ3n) is 1.50. The highest BCUT2D eigenvalue weighted by Crippen LogP contribution is 1.95. The highest BCUT2D eigenvalue weighted by Gasteiger charge is 2.15. The van der Waals surface area contributed by atoms with Crippen LogP contribution in [0, 0.1) is 0 Å². The molecule has 5 nitrogen and oxygen atoms in total. The largest absolute Gasteiger partial charge is 0.377 e. The van der Waals surface area contributed by atoms with Gasteiger partial charge >= 0.3 is 0 Å². The third-order valence-corrected chi connectivity index (χ3v) is 2.48. The van der Waals surface area contributed by atoms with Crippen LogP contribution in [-0.2, 0) is 19.4 Å². The molecule has 1 unspecified atom stereocenters. The molecule has 13 heavy (non-hydrogen) atoms. The summed E-state index contributed by atoms with van der Waals surface area (Å²) in [5.74, 6) is -0.338. The zero-order valence-corrected chi connectivity index (χ0v) is 8.63. The van der Waals surface area contributed by atoms with Gasteiger partial charge in [0.15, 0.2) is 5.78 Å². The van der Waals surface area contributed by atoms with Gasteiger partial charge in [-0.1, -0.05) is 0 Å². The summed E-state index contributed by atoms with van der Waals surface area (Å²) >= 11 is 0. The van der Waals surface area contributed by atoms with Crippen LogP contribution in [0.1, 0.15) is 6.42 Å². The van der Waals surface area contributed by atoms with Crippen molar-refractivity contribution in [1.29, 1.82) is 0 Å². The number of Topliss-reactive ketones (excluding diaryl/α,β-unsaturated/α-hetero) is 1. The average molecular weight is 209 g/mol. The molecule has 0 aromatic heterocycles. The molecule has 0 spiro atoms. The van der Waals surface area contributed by atoms with Crippen LogP contribution in [0.15, 0.2) is 0 Å². The number of hydrogen-bond acceptors (Lipinski definition) is 5. The first kappa shape index (κ1) is 12.5. The number of carbonyl (C=O) groups excluding carboxylic acids is 1. The Morgan fingerprint density at radius 2 is 2.08 bits per heavy atom. The Morgan fingerprint density at radius 1 is 1.54 bits per heavy atom. The summed E-state index contributed by atoms with van der Waals surface area (Å²) in [6, 6.07) is -0.741. The molecule has 78 valence electrons. The van der Waals surface area contributed by atoms with Crippen LogP contribution in [0.5, 0.6) is 0 Å². The molecular formula is C7H15NO4S. The van der Waals surface area contributed by atoms with Crippen LogP contribution >= 0.6 is 0 Å². The molecule has 0 heterocycles. The highest BCUT2D eigenvalue weighted by atomic mass is 32.2. The van der Waals surface area contributed by atoms with Crippen molar-refractivity contribution < 1.29 is 17.9 Å². The Labute approximate surface area is 78.2 Å². The number of ketones is 1. The van der Waals surface area contributed by atoms with Crippen molar-refractivity contribution in [2.24, 2.45) is 5.73 Å². The quantitative estimate of drug-likeness (QED) is 0.604. The lowest BCUT2D eigenvalue weighted by Crippen LogP contribution is -2.34. The topological polar surface area (TPSA) is 86.5 Å². The number of rotatable bonds is 6. The first-order valence-electron chi connectivity index (χ1n) is 3.82. The number of sulfone groups is 1. The molecule has 0 saturated carbocycles. The van der Waals surface area contributed by atoms with Crippen LogP contribution < -0.4 is 5.73 Å². The molecule has 0 aliphatic rings. The molecule has 0 rings (SSSR count). The lowest BCUT2D eigenvalue weighted by Gasteiger charge is -2.08. The SMILES string of the molecule is COCC(=O)C(N)CCS(C)(=O)=O. The summed E-state index contributed by atoms with van der Waals surface area (Å²) in [7, 11) is -1.65. The Kier molecular flexibility index (Phi) is 5.12. The summed E-state index contributed by atoms with van der Waals surface area (Å²) in [6.07, 6.45) is 1.27. The second-order valence-corrected chi connectivity index (χ2v) is 5.18. The number of carbonyl (C=O) groups is 1. The smallest absolute Gasteiger partial charge is 0.175 e. The van der Waals surface area contributed by atoms with Gasteiger partial charge in [0.2, 0.25) is 0 Å².